The lowest BCUT2D eigenvalue weighted by molar-refractivity contribution is 0.116. The zero-order valence-corrected chi connectivity index (χ0v) is 8.14. The minimum absolute atomic E-state index is 0.420. The molecule has 78 valence electrons. The van der Waals surface area contributed by atoms with Crippen LogP contribution in [-0.2, 0) is 9.53 Å². The monoisotopic (exact) mass is 206 g/mol. The highest BCUT2D eigenvalue weighted by atomic mass is 16.6. The molecule has 0 spiro atoms. The van der Waals surface area contributed by atoms with Crippen LogP contribution in [0.4, 0.5) is 10.5 Å². The number of amides is 1. The van der Waals surface area contributed by atoms with E-state index in [4.69, 9.17) is 10.5 Å². The van der Waals surface area contributed by atoms with Gasteiger partial charge in [-0.15, -0.1) is 0 Å². The minimum atomic E-state index is -0.822. The number of benzene rings is 1. The first-order valence-electron chi connectivity index (χ1n) is 4.27. The summed E-state index contributed by atoms with van der Waals surface area (Å²) in [7, 11) is 0. The Morgan fingerprint density at radius 1 is 1.47 bits per heavy atom. The summed E-state index contributed by atoms with van der Waals surface area (Å²) in [5, 5.41) is 0. The van der Waals surface area contributed by atoms with Crippen LogP contribution in [0, 0.1) is 0 Å². The van der Waals surface area contributed by atoms with E-state index in [1.165, 1.54) is 6.08 Å². The van der Waals surface area contributed by atoms with E-state index in [2.05, 4.69) is 4.99 Å². The first kappa shape index (κ1) is 10.9. The Kier molecular flexibility index (Phi) is 3.60. The fourth-order valence-corrected chi connectivity index (χ4v) is 1.11. The number of primary amides is 1. The summed E-state index contributed by atoms with van der Waals surface area (Å²) in [6, 6.07) is 6.65. The van der Waals surface area contributed by atoms with Crippen LogP contribution < -0.4 is 5.73 Å². The molecule has 2 N–H and O–H groups in total. The summed E-state index contributed by atoms with van der Waals surface area (Å²) in [4.78, 5) is 23.9. The number of rotatable bonds is 3. The average molecular weight is 206 g/mol. The molecule has 0 aliphatic rings. The molecule has 1 rings (SSSR count). The van der Waals surface area contributed by atoms with Crippen LogP contribution >= 0.6 is 0 Å². The Balaban J connectivity index is 2.79. The van der Waals surface area contributed by atoms with E-state index >= 15 is 0 Å². The van der Waals surface area contributed by atoms with E-state index in [1.54, 1.807) is 31.2 Å². The van der Waals surface area contributed by atoms with Crippen LogP contribution in [0.15, 0.2) is 29.3 Å². The number of nitrogens with two attached hydrogens (primary N) is 1. The first-order chi connectivity index (χ1) is 7.13. The topological polar surface area (TPSA) is 81.8 Å². The van der Waals surface area contributed by atoms with Crippen molar-refractivity contribution in [3.63, 3.8) is 0 Å². The Morgan fingerprint density at radius 2 is 2.07 bits per heavy atom. The largest absolute Gasteiger partial charge is 0.442 e. The third-order valence-electron chi connectivity index (χ3n) is 1.83. The fraction of sp³-hybridized carbons (Fsp3) is 0.200. The van der Waals surface area contributed by atoms with Gasteiger partial charge in [0, 0.05) is 0 Å². The van der Waals surface area contributed by atoms with Crippen molar-refractivity contribution in [2.45, 2.75) is 13.0 Å². The van der Waals surface area contributed by atoms with E-state index in [9.17, 15) is 9.59 Å². The van der Waals surface area contributed by atoms with E-state index in [-0.39, 0.29) is 0 Å². The predicted molar refractivity (Wildman–Crippen MR) is 53.3 cm³/mol. The predicted octanol–water partition coefficient (Wildman–Crippen LogP) is 1.81. The Labute approximate surface area is 86.6 Å². The van der Waals surface area contributed by atoms with Gasteiger partial charge < -0.3 is 10.5 Å². The van der Waals surface area contributed by atoms with Crippen molar-refractivity contribution >= 4 is 17.9 Å². The molecule has 0 radical (unpaired) electrons. The second-order valence-electron chi connectivity index (χ2n) is 2.87. The summed E-state index contributed by atoms with van der Waals surface area (Å²) in [5.41, 5.74) is 6.15. The van der Waals surface area contributed by atoms with Crippen LogP contribution in [0.3, 0.4) is 0 Å². The lowest BCUT2D eigenvalue weighted by Gasteiger charge is -2.11. The van der Waals surface area contributed by atoms with Gasteiger partial charge in [0.05, 0.1) is 5.69 Å². The van der Waals surface area contributed by atoms with Crippen molar-refractivity contribution in [3.8, 4) is 0 Å². The number of isocyanates is 1. The zero-order chi connectivity index (χ0) is 11.3. The zero-order valence-electron chi connectivity index (χ0n) is 8.14. The molecule has 0 bridgehead atoms. The van der Waals surface area contributed by atoms with Gasteiger partial charge >= 0.3 is 6.09 Å². The smallest absolute Gasteiger partial charge is 0.405 e. The molecular weight excluding hydrogens is 196 g/mol. The molecule has 1 unspecified atom stereocenters. The quantitative estimate of drug-likeness (QED) is 0.604. The standard InChI is InChI=1S/C10H10N2O3/c1-7(15-10(11)14)8-2-4-9(5-3-8)12-6-13/h2-5,7H,1H3,(H2,11,14). The highest BCUT2D eigenvalue weighted by Crippen LogP contribution is 2.19. The molecule has 0 fully saturated rings. The average Bonchev–Trinajstić information content (AvgIpc) is 2.18. The van der Waals surface area contributed by atoms with Crippen molar-refractivity contribution in [3.05, 3.63) is 29.8 Å². The molecule has 1 aromatic carbocycles. The molecule has 0 saturated heterocycles. The molecule has 1 atom stereocenters. The van der Waals surface area contributed by atoms with Gasteiger partial charge in [0.2, 0.25) is 6.08 Å². The van der Waals surface area contributed by atoms with Crippen molar-refractivity contribution < 1.29 is 14.3 Å². The lowest BCUT2D eigenvalue weighted by atomic mass is 10.1. The summed E-state index contributed by atoms with van der Waals surface area (Å²) in [5.74, 6) is 0. The van der Waals surface area contributed by atoms with Crippen LogP contribution in [-0.4, -0.2) is 12.2 Å². The van der Waals surface area contributed by atoms with Gasteiger partial charge in [-0.25, -0.2) is 9.59 Å². The number of aliphatic imine (C=N–C) groups is 1. The van der Waals surface area contributed by atoms with Crippen molar-refractivity contribution in [1.82, 2.24) is 0 Å². The van der Waals surface area contributed by atoms with Crippen LogP contribution in [0.5, 0.6) is 0 Å². The first-order valence-corrected chi connectivity index (χ1v) is 4.27. The van der Waals surface area contributed by atoms with Gasteiger partial charge in [-0.3, -0.25) is 0 Å². The van der Waals surface area contributed by atoms with Gasteiger partial charge in [-0.05, 0) is 24.6 Å². The highest BCUT2D eigenvalue weighted by molar-refractivity contribution is 5.65. The third-order valence-corrected chi connectivity index (χ3v) is 1.83. The number of nitrogens with zero attached hydrogens (tertiary/aromatic N) is 1. The minimum Gasteiger partial charge on any atom is -0.442 e. The fourth-order valence-electron chi connectivity index (χ4n) is 1.11. The number of carbonyl (C=O) groups excluding carboxylic acids is 2. The third kappa shape index (κ3) is 3.25. The number of ether oxygens (including phenoxy) is 1. The van der Waals surface area contributed by atoms with E-state index in [0.717, 1.165) is 5.56 Å². The van der Waals surface area contributed by atoms with Gasteiger partial charge in [0.1, 0.15) is 6.10 Å². The van der Waals surface area contributed by atoms with E-state index in [0.29, 0.717) is 5.69 Å². The SMILES string of the molecule is CC(OC(N)=O)c1ccc(N=C=O)cc1. The molecule has 0 saturated carbocycles. The van der Waals surface area contributed by atoms with Crippen LogP contribution in [0.2, 0.25) is 0 Å². The van der Waals surface area contributed by atoms with Crippen molar-refractivity contribution in [2.75, 3.05) is 0 Å². The molecule has 15 heavy (non-hydrogen) atoms. The maximum Gasteiger partial charge on any atom is 0.405 e. The maximum absolute atomic E-state index is 10.5. The molecule has 0 aromatic heterocycles. The maximum atomic E-state index is 10.5. The number of hydrogen-bond donors (Lipinski definition) is 1. The normalized spacial score (nSPS) is 11.3. The molecule has 0 aliphatic heterocycles. The summed E-state index contributed by atoms with van der Waals surface area (Å²) >= 11 is 0. The summed E-state index contributed by atoms with van der Waals surface area (Å²) in [6.07, 6.45) is 0.193. The van der Waals surface area contributed by atoms with Gasteiger partial charge in [0.25, 0.3) is 0 Å². The highest BCUT2D eigenvalue weighted by Gasteiger charge is 2.08. The summed E-state index contributed by atoms with van der Waals surface area (Å²) < 4.78 is 4.77. The van der Waals surface area contributed by atoms with Crippen molar-refractivity contribution in [1.29, 1.82) is 0 Å². The van der Waals surface area contributed by atoms with Gasteiger partial charge in [-0.1, -0.05) is 12.1 Å². The lowest BCUT2D eigenvalue weighted by Crippen LogP contribution is -2.15. The van der Waals surface area contributed by atoms with E-state index < -0.39 is 12.2 Å². The molecule has 1 aromatic rings. The van der Waals surface area contributed by atoms with Gasteiger partial charge in [0.15, 0.2) is 0 Å². The van der Waals surface area contributed by atoms with Crippen molar-refractivity contribution in [2.24, 2.45) is 10.7 Å². The number of hydrogen-bond acceptors (Lipinski definition) is 4. The Bertz CT molecular complexity index is 394. The molecule has 5 heteroatoms. The van der Waals surface area contributed by atoms with E-state index in [1.807, 2.05) is 0 Å². The molecular formula is C10H10N2O3. The molecule has 0 aliphatic carbocycles. The Hall–Kier alpha value is -2.13. The van der Waals surface area contributed by atoms with Crippen LogP contribution in [0.1, 0.15) is 18.6 Å². The molecule has 5 nitrogen and oxygen atoms in total. The summed E-state index contributed by atoms with van der Waals surface area (Å²) in [6.45, 7) is 1.70. The van der Waals surface area contributed by atoms with Crippen LogP contribution in [0.25, 0.3) is 0 Å². The number of carbonyl (C=O) groups is 1. The molecule has 1 amide bonds. The van der Waals surface area contributed by atoms with Gasteiger partial charge in [-0.2, -0.15) is 4.99 Å². The second-order valence-corrected chi connectivity index (χ2v) is 2.87. The Morgan fingerprint density at radius 3 is 2.53 bits per heavy atom. The second kappa shape index (κ2) is 4.93. The molecule has 0 heterocycles.